The van der Waals surface area contributed by atoms with Crippen LogP contribution in [0.5, 0.6) is 5.75 Å². The molecule has 372 valence electrons. The van der Waals surface area contributed by atoms with Crippen molar-refractivity contribution in [1.82, 2.24) is 20.5 Å². The van der Waals surface area contributed by atoms with Crippen molar-refractivity contribution in [3.8, 4) is 16.2 Å². The molecular formula is C53H80N4O9S. The Hall–Kier alpha value is -3.92. The minimum absolute atomic E-state index is 0.00931. The van der Waals surface area contributed by atoms with Crippen LogP contribution in [0.3, 0.4) is 0 Å². The summed E-state index contributed by atoms with van der Waals surface area (Å²) < 4.78 is 21.6. The number of nitrogens with zero attached hydrogens (tertiary/aromatic N) is 2. The van der Waals surface area contributed by atoms with Gasteiger partial charge in [-0.1, -0.05) is 71.4 Å². The Balaban J connectivity index is 0.000000199. The van der Waals surface area contributed by atoms with E-state index in [1.165, 1.54) is 40.8 Å². The molecule has 3 fully saturated rings. The molecule has 2 saturated carbocycles. The minimum atomic E-state index is -0.566. The number of aliphatic hydroxyl groups is 1. The Bertz CT molecular complexity index is 1970. The number of phenolic OH excluding ortho intramolecular Hbond substituents is 1. The third-order valence-corrected chi connectivity index (χ3v) is 15.2. The quantitative estimate of drug-likeness (QED) is 0.0638. The number of carbonyl (C=O) groups is 3. The molecule has 14 heteroatoms. The van der Waals surface area contributed by atoms with Crippen molar-refractivity contribution in [2.24, 2.45) is 22.7 Å². The molecule has 3 aliphatic carbocycles. The van der Waals surface area contributed by atoms with Crippen molar-refractivity contribution < 1.29 is 43.5 Å². The van der Waals surface area contributed by atoms with E-state index in [1.54, 1.807) is 11.3 Å². The van der Waals surface area contributed by atoms with E-state index in [-0.39, 0.29) is 41.4 Å². The average Bonchev–Trinajstić information content (AvgIpc) is 4.03. The molecule has 2 aromatic carbocycles. The van der Waals surface area contributed by atoms with Crippen LogP contribution in [0, 0.1) is 29.6 Å². The van der Waals surface area contributed by atoms with E-state index < -0.39 is 6.04 Å². The smallest absolute Gasteiger partial charge is 0.246 e. The van der Waals surface area contributed by atoms with Crippen LogP contribution in [-0.2, 0) is 46.3 Å². The van der Waals surface area contributed by atoms with Crippen molar-refractivity contribution in [2.75, 3.05) is 59.4 Å². The maximum atomic E-state index is 13.0. The van der Waals surface area contributed by atoms with Gasteiger partial charge in [0.1, 0.15) is 18.4 Å². The fraction of sp³-hybridized carbons (Fsp3) is 0.660. The van der Waals surface area contributed by atoms with Crippen molar-refractivity contribution in [3.05, 3.63) is 70.4 Å². The van der Waals surface area contributed by atoms with Crippen LogP contribution in [0.2, 0.25) is 0 Å². The average molecular weight is 949 g/mol. The fourth-order valence-electron chi connectivity index (χ4n) is 10.4. The lowest BCUT2D eigenvalue weighted by Crippen LogP contribution is -2.56. The number of unbranched alkanes of at least 4 members (excludes halogenated alkanes) is 1. The molecule has 3 amide bonds. The van der Waals surface area contributed by atoms with Crippen LogP contribution in [0.1, 0.15) is 128 Å². The molecule has 7 unspecified atom stereocenters. The largest absolute Gasteiger partial charge is 0.508 e. The zero-order valence-electron chi connectivity index (χ0n) is 41.4. The molecule has 0 bridgehead atoms. The first kappa shape index (κ1) is 54.0. The zero-order chi connectivity index (χ0) is 48.4. The number of aryl methyl sites for hydroxylation is 2. The molecule has 1 aromatic heterocycles. The van der Waals surface area contributed by atoms with Gasteiger partial charge in [0.15, 0.2) is 0 Å². The van der Waals surface area contributed by atoms with Gasteiger partial charge < -0.3 is 44.7 Å². The van der Waals surface area contributed by atoms with Crippen LogP contribution in [0.4, 0.5) is 0 Å². The number of likely N-dealkylation sites (tertiary alicyclic amines) is 1. The third-order valence-electron chi connectivity index (χ3n) is 14.3. The number of fused-ring (bicyclic) bond motifs is 5. The molecular weight excluding hydrogens is 869 g/mol. The van der Waals surface area contributed by atoms with E-state index >= 15 is 0 Å². The van der Waals surface area contributed by atoms with Crippen LogP contribution < -0.4 is 10.6 Å². The van der Waals surface area contributed by atoms with E-state index in [9.17, 15) is 24.6 Å². The first-order valence-electron chi connectivity index (χ1n) is 24.7. The van der Waals surface area contributed by atoms with Gasteiger partial charge in [0.2, 0.25) is 18.2 Å². The summed E-state index contributed by atoms with van der Waals surface area (Å²) >= 11 is 1.64. The molecule has 4 N–H and O–H groups in total. The van der Waals surface area contributed by atoms with Crippen LogP contribution in [-0.4, -0.2) is 116 Å². The molecule has 4 aliphatic rings. The van der Waals surface area contributed by atoms with E-state index in [0.29, 0.717) is 70.2 Å². The van der Waals surface area contributed by atoms with Crippen LogP contribution >= 0.6 is 11.3 Å². The summed E-state index contributed by atoms with van der Waals surface area (Å²) in [5, 5.41) is 25.6. The maximum Gasteiger partial charge on any atom is 0.246 e. The molecule has 67 heavy (non-hydrogen) atoms. The SMILES string of the molecule is CC12CCC3c4ccc(O)cc4CCC3C1CCC2O.CCCCOCCOCCOCCOCC(=O)NC(C(=O)N1CCCC1C)C(C)(C)C.Cc1ncsc1-c1ccc(CNC=O)cc1. The lowest BCUT2D eigenvalue weighted by Gasteiger charge is -2.50. The second-order valence-electron chi connectivity index (χ2n) is 20.0. The molecule has 13 nitrogen and oxygen atoms in total. The summed E-state index contributed by atoms with van der Waals surface area (Å²) in [6, 6.07) is 13.8. The number of nitrogens with one attached hydrogen (secondary N) is 2. The topological polar surface area (TPSA) is 169 Å². The molecule has 1 aliphatic heterocycles. The number of benzene rings is 2. The van der Waals surface area contributed by atoms with Crippen molar-refractivity contribution >= 4 is 29.6 Å². The Morgan fingerprint density at radius 3 is 2.25 bits per heavy atom. The van der Waals surface area contributed by atoms with Gasteiger partial charge in [-0.2, -0.15) is 0 Å². The normalized spacial score (nSPS) is 23.3. The molecule has 0 radical (unpaired) electrons. The predicted molar refractivity (Wildman–Crippen MR) is 264 cm³/mol. The predicted octanol–water partition coefficient (Wildman–Crippen LogP) is 8.37. The number of carbonyl (C=O) groups excluding carboxylic acids is 3. The van der Waals surface area contributed by atoms with E-state index in [0.717, 1.165) is 75.3 Å². The molecule has 7 rings (SSSR count). The van der Waals surface area contributed by atoms with Gasteiger partial charge in [-0.05, 0) is 135 Å². The number of thiazole rings is 1. The van der Waals surface area contributed by atoms with E-state index in [2.05, 4.69) is 54.6 Å². The minimum Gasteiger partial charge on any atom is -0.508 e. The number of aromatic nitrogens is 1. The van der Waals surface area contributed by atoms with Gasteiger partial charge in [-0.3, -0.25) is 14.4 Å². The molecule has 3 aromatic rings. The Morgan fingerprint density at radius 2 is 1.64 bits per heavy atom. The Morgan fingerprint density at radius 1 is 0.955 bits per heavy atom. The standard InChI is InChI=1S/C23H44N2O6.C18H24O2.C12H12N2OS/c1-6-7-11-28-12-13-29-14-15-30-16-17-31-18-20(26)24-21(23(3,4)5)22(27)25-10-8-9-19(25)2;1-18-9-8-14-13-5-3-12(19)10-11(13)2-4-15(14)16(18)6-7-17(18)20;1-9-12(16-8-14-9)11-4-2-10(3-5-11)6-13-7-15/h19,21H,6-18H2,1-5H3,(H,24,26);3,5,10,14-17,19-20H,2,4,6-9H2,1H3;2-5,7-8H,6H2,1H3,(H,13,15). The van der Waals surface area contributed by atoms with E-state index in [1.807, 2.05) is 62.4 Å². The van der Waals surface area contributed by atoms with Gasteiger partial charge in [0, 0.05) is 25.7 Å². The molecule has 2 heterocycles. The van der Waals surface area contributed by atoms with Gasteiger partial charge in [0.05, 0.1) is 61.8 Å². The van der Waals surface area contributed by atoms with Crippen LogP contribution in [0.25, 0.3) is 10.4 Å². The molecule has 7 atom stereocenters. The van der Waals surface area contributed by atoms with Gasteiger partial charge in [-0.15, -0.1) is 11.3 Å². The lowest BCUT2D eigenvalue weighted by atomic mass is 9.55. The number of rotatable bonds is 20. The number of aliphatic hydroxyl groups excluding tert-OH is 1. The second kappa shape index (κ2) is 26.7. The van der Waals surface area contributed by atoms with Gasteiger partial charge >= 0.3 is 0 Å². The van der Waals surface area contributed by atoms with Crippen molar-refractivity contribution in [2.45, 2.75) is 143 Å². The zero-order valence-corrected chi connectivity index (χ0v) is 42.2. The monoisotopic (exact) mass is 949 g/mol. The summed E-state index contributed by atoms with van der Waals surface area (Å²) in [6.45, 7) is 19.3. The first-order chi connectivity index (χ1) is 32.2. The summed E-state index contributed by atoms with van der Waals surface area (Å²) in [4.78, 5) is 42.7. The summed E-state index contributed by atoms with van der Waals surface area (Å²) in [5.74, 6) is 2.19. The lowest BCUT2D eigenvalue weighted by molar-refractivity contribution is -0.141. The summed E-state index contributed by atoms with van der Waals surface area (Å²) in [5.41, 5.74) is 7.80. The Kier molecular flexibility index (Phi) is 21.6. The number of hydrogen-bond acceptors (Lipinski definition) is 11. The fourth-order valence-corrected chi connectivity index (χ4v) is 11.2. The number of amides is 3. The highest BCUT2D eigenvalue weighted by Gasteiger charge is 2.54. The summed E-state index contributed by atoms with van der Waals surface area (Å²) in [6.07, 6.45) is 11.7. The maximum absolute atomic E-state index is 13.0. The van der Waals surface area contributed by atoms with Crippen molar-refractivity contribution in [1.29, 1.82) is 0 Å². The van der Waals surface area contributed by atoms with Crippen molar-refractivity contribution in [3.63, 3.8) is 0 Å². The molecule has 1 saturated heterocycles. The number of phenols is 1. The van der Waals surface area contributed by atoms with Gasteiger partial charge in [0.25, 0.3) is 0 Å². The number of aromatic hydroxyl groups is 1. The Labute approximate surface area is 404 Å². The van der Waals surface area contributed by atoms with E-state index in [4.69, 9.17) is 18.9 Å². The summed E-state index contributed by atoms with van der Waals surface area (Å²) in [7, 11) is 0. The highest BCUT2D eigenvalue weighted by molar-refractivity contribution is 7.13. The number of hydrogen-bond donors (Lipinski definition) is 4. The highest BCUT2D eigenvalue weighted by Crippen LogP contribution is 2.61. The molecule has 0 spiro atoms. The van der Waals surface area contributed by atoms with Crippen LogP contribution in [0.15, 0.2) is 48.0 Å². The number of ether oxygens (including phenoxy) is 4. The first-order valence-corrected chi connectivity index (χ1v) is 25.6. The highest BCUT2D eigenvalue weighted by atomic mass is 32.1. The third kappa shape index (κ3) is 15.5. The van der Waals surface area contributed by atoms with Gasteiger partial charge in [-0.25, -0.2) is 4.98 Å². The second-order valence-corrected chi connectivity index (χ2v) is 20.9.